The Morgan fingerprint density at radius 3 is 2.44 bits per heavy atom. The number of hydrogen-bond donors (Lipinski definition) is 2. The molecule has 4 heteroatoms. The molecule has 1 aliphatic heterocycles. The number of nitrogens with zero attached hydrogens (tertiary/aromatic N) is 1. The summed E-state index contributed by atoms with van der Waals surface area (Å²) in [6.07, 6.45) is 9.10. The number of hydrogen-bond acceptors (Lipinski definition) is 3. The average molecular weight is 254 g/mol. The van der Waals surface area contributed by atoms with Gasteiger partial charge in [-0.15, -0.1) is 0 Å². The van der Waals surface area contributed by atoms with E-state index in [1.807, 2.05) is 7.05 Å². The molecule has 2 rings (SSSR count). The molecule has 0 bridgehead atoms. The van der Waals surface area contributed by atoms with Crippen molar-refractivity contribution in [3.05, 3.63) is 0 Å². The highest BCUT2D eigenvalue weighted by Crippen LogP contribution is 2.25. The molecule has 18 heavy (non-hydrogen) atoms. The van der Waals surface area contributed by atoms with Crippen LogP contribution in [0.25, 0.3) is 0 Å². The van der Waals surface area contributed by atoms with Crippen molar-refractivity contribution in [2.45, 2.75) is 62.9 Å². The lowest BCUT2D eigenvalue weighted by atomic mass is 9.87. The van der Waals surface area contributed by atoms with Gasteiger partial charge < -0.3 is 10.0 Å². The Morgan fingerprint density at radius 2 is 1.89 bits per heavy atom. The van der Waals surface area contributed by atoms with Crippen LogP contribution in [0.5, 0.6) is 0 Å². The Morgan fingerprint density at radius 1 is 1.22 bits per heavy atom. The maximum Gasteiger partial charge on any atom is 0.325 e. The summed E-state index contributed by atoms with van der Waals surface area (Å²) in [7, 11) is 2.02. The Labute approximate surface area is 110 Å². The summed E-state index contributed by atoms with van der Waals surface area (Å²) in [4.78, 5) is 13.8. The second-order valence-corrected chi connectivity index (χ2v) is 6.06. The predicted octanol–water partition coefficient (Wildman–Crippen LogP) is 1.85. The molecule has 1 atom stereocenters. The highest BCUT2D eigenvalue weighted by molar-refractivity contribution is 5.79. The first kappa shape index (κ1) is 13.8. The summed E-state index contributed by atoms with van der Waals surface area (Å²) in [6, 6.07) is 0.398. The van der Waals surface area contributed by atoms with Gasteiger partial charge in [0.15, 0.2) is 0 Å². The third-order valence-electron chi connectivity index (χ3n) is 4.43. The van der Waals surface area contributed by atoms with Gasteiger partial charge in [-0.25, -0.2) is 0 Å². The summed E-state index contributed by atoms with van der Waals surface area (Å²) in [5.41, 5.74) is -0.706. The fraction of sp³-hybridized carbons (Fsp3) is 0.929. The Bertz CT molecular complexity index is 288. The quantitative estimate of drug-likeness (QED) is 0.755. The minimum Gasteiger partial charge on any atom is -0.480 e. The van der Waals surface area contributed by atoms with Gasteiger partial charge in [0.1, 0.15) is 5.54 Å². The second kappa shape index (κ2) is 6.02. The monoisotopic (exact) mass is 254 g/mol. The van der Waals surface area contributed by atoms with E-state index in [0.29, 0.717) is 12.6 Å². The fourth-order valence-corrected chi connectivity index (χ4v) is 3.44. The molecule has 1 saturated heterocycles. The second-order valence-electron chi connectivity index (χ2n) is 6.06. The smallest absolute Gasteiger partial charge is 0.325 e. The summed E-state index contributed by atoms with van der Waals surface area (Å²) in [5.74, 6) is -0.668. The van der Waals surface area contributed by atoms with Crippen molar-refractivity contribution in [1.29, 1.82) is 0 Å². The van der Waals surface area contributed by atoms with Crippen LogP contribution in [0.1, 0.15) is 51.4 Å². The fourth-order valence-electron chi connectivity index (χ4n) is 3.44. The minimum absolute atomic E-state index is 0.398. The first-order valence-corrected chi connectivity index (χ1v) is 7.32. The Balaban J connectivity index is 2.02. The standard InChI is InChI=1S/C14H26N2O2/c1-16-10-6-9-14(11-16,13(17)18)15-12-7-4-2-3-5-8-12/h12,15H,2-11H2,1H3,(H,17,18). The number of rotatable bonds is 3. The zero-order valence-corrected chi connectivity index (χ0v) is 11.5. The van der Waals surface area contributed by atoms with Gasteiger partial charge in [0, 0.05) is 12.6 Å². The molecule has 0 aromatic heterocycles. The van der Waals surface area contributed by atoms with Crippen molar-refractivity contribution in [2.75, 3.05) is 20.1 Å². The molecule has 0 spiro atoms. The van der Waals surface area contributed by atoms with Crippen molar-refractivity contribution in [2.24, 2.45) is 0 Å². The summed E-state index contributed by atoms with van der Waals surface area (Å²) in [6.45, 7) is 1.65. The van der Waals surface area contributed by atoms with Gasteiger partial charge in [0.25, 0.3) is 0 Å². The molecular weight excluding hydrogens is 228 g/mol. The first-order chi connectivity index (χ1) is 8.62. The molecule has 0 aromatic carbocycles. The molecule has 1 unspecified atom stereocenters. The van der Waals surface area contributed by atoms with Gasteiger partial charge in [-0.3, -0.25) is 10.1 Å². The van der Waals surface area contributed by atoms with Gasteiger partial charge in [0.2, 0.25) is 0 Å². The largest absolute Gasteiger partial charge is 0.480 e. The van der Waals surface area contributed by atoms with Crippen molar-refractivity contribution >= 4 is 5.97 Å². The number of aliphatic carboxylic acids is 1. The van der Waals surface area contributed by atoms with Crippen molar-refractivity contribution in [3.63, 3.8) is 0 Å². The van der Waals surface area contributed by atoms with Crippen LogP contribution < -0.4 is 5.32 Å². The lowest BCUT2D eigenvalue weighted by molar-refractivity contribution is -0.147. The molecule has 0 amide bonds. The number of likely N-dealkylation sites (N-methyl/N-ethyl adjacent to an activating group) is 1. The van der Waals surface area contributed by atoms with Gasteiger partial charge >= 0.3 is 5.97 Å². The first-order valence-electron chi connectivity index (χ1n) is 7.32. The average Bonchev–Trinajstić information content (AvgIpc) is 2.57. The molecule has 0 aromatic rings. The van der Waals surface area contributed by atoms with Crippen LogP contribution in [0.15, 0.2) is 0 Å². The molecule has 1 aliphatic carbocycles. The molecule has 2 aliphatic rings. The van der Waals surface area contributed by atoms with Crippen LogP contribution in [-0.4, -0.2) is 47.7 Å². The molecule has 1 heterocycles. The minimum atomic E-state index is -0.706. The summed E-state index contributed by atoms with van der Waals surface area (Å²) >= 11 is 0. The van der Waals surface area contributed by atoms with E-state index in [1.165, 1.54) is 25.7 Å². The van der Waals surface area contributed by atoms with Crippen LogP contribution in [0, 0.1) is 0 Å². The number of nitrogens with one attached hydrogen (secondary N) is 1. The van der Waals surface area contributed by atoms with E-state index < -0.39 is 11.5 Å². The Kier molecular flexibility index (Phi) is 4.62. The van der Waals surface area contributed by atoms with E-state index in [4.69, 9.17) is 0 Å². The molecule has 2 N–H and O–H groups in total. The van der Waals surface area contributed by atoms with E-state index in [1.54, 1.807) is 0 Å². The van der Waals surface area contributed by atoms with Gasteiger partial charge in [-0.1, -0.05) is 25.7 Å². The molecule has 1 saturated carbocycles. The van der Waals surface area contributed by atoms with Crippen LogP contribution in [0.2, 0.25) is 0 Å². The van der Waals surface area contributed by atoms with Gasteiger partial charge in [-0.2, -0.15) is 0 Å². The number of carbonyl (C=O) groups is 1. The van der Waals surface area contributed by atoms with E-state index in [2.05, 4.69) is 10.2 Å². The normalized spacial score (nSPS) is 32.1. The molecule has 2 fully saturated rings. The molecule has 104 valence electrons. The van der Waals surface area contributed by atoms with E-state index >= 15 is 0 Å². The Hall–Kier alpha value is -0.610. The van der Waals surface area contributed by atoms with Crippen LogP contribution in [-0.2, 0) is 4.79 Å². The molecule has 4 nitrogen and oxygen atoms in total. The lowest BCUT2D eigenvalue weighted by Crippen LogP contribution is -2.63. The number of likely N-dealkylation sites (tertiary alicyclic amines) is 1. The van der Waals surface area contributed by atoms with E-state index in [0.717, 1.165) is 32.2 Å². The summed E-state index contributed by atoms with van der Waals surface area (Å²) < 4.78 is 0. The van der Waals surface area contributed by atoms with Crippen LogP contribution >= 0.6 is 0 Å². The van der Waals surface area contributed by atoms with E-state index in [-0.39, 0.29) is 0 Å². The maximum atomic E-state index is 11.7. The topological polar surface area (TPSA) is 52.6 Å². The van der Waals surface area contributed by atoms with E-state index in [9.17, 15) is 9.90 Å². The third kappa shape index (κ3) is 3.23. The molecule has 0 radical (unpaired) electrons. The number of piperidine rings is 1. The van der Waals surface area contributed by atoms with Gasteiger partial charge in [-0.05, 0) is 39.3 Å². The maximum absolute atomic E-state index is 11.7. The number of carboxylic acid groups (broad SMARTS) is 1. The van der Waals surface area contributed by atoms with Crippen molar-refractivity contribution < 1.29 is 9.90 Å². The van der Waals surface area contributed by atoms with Gasteiger partial charge in [0.05, 0.1) is 0 Å². The lowest BCUT2D eigenvalue weighted by Gasteiger charge is -2.41. The zero-order chi connectivity index (χ0) is 13.0. The molecular formula is C14H26N2O2. The third-order valence-corrected chi connectivity index (χ3v) is 4.43. The summed E-state index contributed by atoms with van der Waals surface area (Å²) in [5, 5.41) is 13.1. The van der Waals surface area contributed by atoms with Crippen LogP contribution in [0.4, 0.5) is 0 Å². The highest BCUT2D eigenvalue weighted by Gasteiger charge is 2.42. The number of carboxylic acids is 1. The SMILES string of the molecule is CN1CCCC(NC2CCCCCC2)(C(=O)O)C1. The van der Waals surface area contributed by atoms with Crippen LogP contribution in [0.3, 0.4) is 0 Å². The predicted molar refractivity (Wildman–Crippen MR) is 71.7 cm³/mol. The van der Waals surface area contributed by atoms with Crippen molar-refractivity contribution in [3.8, 4) is 0 Å². The van der Waals surface area contributed by atoms with Crippen molar-refractivity contribution in [1.82, 2.24) is 10.2 Å². The zero-order valence-electron chi connectivity index (χ0n) is 11.5. The highest BCUT2D eigenvalue weighted by atomic mass is 16.4.